The van der Waals surface area contributed by atoms with Crippen LogP contribution in [0.1, 0.15) is 5.56 Å². The van der Waals surface area contributed by atoms with Crippen molar-refractivity contribution >= 4 is 33.3 Å². The summed E-state index contributed by atoms with van der Waals surface area (Å²) in [6, 6.07) is 12.7. The van der Waals surface area contributed by atoms with E-state index in [4.69, 9.17) is 0 Å². The molecule has 0 unspecified atom stereocenters. The number of piperazine rings is 2. The van der Waals surface area contributed by atoms with Crippen LogP contribution in [0.25, 0.3) is 10.2 Å². The number of carbonyl (C=O) groups is 1. The van der Waals surface area contributed by atoms with Crippen LogP contribution in [0.3, 0.4) is 0 Å². The monoisotopic (exact) mass is 436 g/mol. The molecule has 4 heterocycles. The molecule has 0 bridgehead atoms. The number of hydrogen-bond acceptors (Lipinski definition) is 7. The SMILES string of the molecule is O=C(CN1CCN(Cc2ccccc2)CC1)N1CCN(c2ncnc3sccc23)CC1. The average molecular weight is 437 g/mol. The minimum atomic E-state index is 0.250. The molecule has 0 aliphatic carbocycles. The van der Waals surface area contributed by atoms with Crippen LogP contribution in [0.4, 0.5) is 5.82 Å². The van der Waals surface area contributed by atoms with E-state index in [-0.39, 0.29) is 5.91 Å². The number of nitrogens with zero attached hydrogens (tertiary/aromatic N) is 6. The molecule has 31 heavy (non-hydrogen) atoms. The summed E-state index contributed by atoms with van der Waals surface area (Å²) in [5, 5.41) is 3.17. The van der Waals surface area contributed by atoms with E-state index in [1.807, 2.05) is 4.90 Å². The van der Waals surface area contributed by atoms with Gasteiger partial charge in [0, 0.05) is 58.9 Å². The molecule has 0 spiro atoms. The first-order valence-corrected chi connectivity index (χ1v) is 11.8. The van der Waals surface area contributed by atoms with Gasteiger partial charge in [0.1, 0.15) is 17.0 Å². The number of amides is 1. The fourth-order valence-electron chi connectivity index (χ4n) is 4.44. The third-order valence-corrected chi connectivity index (χ3v) is 7.07. The van der Waals surface area contributed by atoms with Crippen LogP contribution in [0.2, 0.25) is 0 Å². The van der Waals surface area contributed by atoms with Crippen LogP contribution in [-0.4, -0.2) is 89.5 Å². The smallest absolute Gasteiger partial charge is 0.236 e. The van der Waals surface area contributed by atoms with Crippen molar-refractivity contribution in [2.24, 2.45) is 0 Å². The summed E-state index contributed by atoms with van der Waals surface area (Å²) in [6.45, 7) is 8.60. The highest BCUT2D eigenvalue weighted by atomic mass is 32.1. The summed E-state index contributed by atoms with van der Waals surface area (Å²) >= 11 is 1.64. The second-order valence-corrected chi connectivity index (χ2v) is 9.14. The Balaban J connectivity index is 1.09. The summed E-state index contributed by atoms with van der Waals surface area (Å²) in [7, 11) is 0. The second-order valence-electron chi connectivity index (χ2n) is 8.24. The van der Waals surface area contributed by atoms with Crippen molar-refractivity contribution in [2.75, 3.05) is 63.8 Å². The van der Waals surface area contributed by atoms with Crippen molar-refractivity contribution in [3.05, 3.63) is 53.7 Å². The zero-order valence-corrected chi connectivity index (χ0v) is 18.5. The van der Waals surface area contributed by atoms with Gasteiger partial charge in [0.05, 0.1) is 11.9 Å². The van der Waals surface area contributed by atoms with Gasteiger partial charge in [-0.05, 0) is 17.0 Å². The maximum absolute atomic E-state index is 12.9. The van der Waals surface area contributed by atoms with Gasteiger partial charge >= 0.3 is 0 Å². The number of aromatic nitrogens is 2. The van der Waals surface area contributed by atoms with Crippen molar-refractivity contribution in [3.63, 3.8) is 0 Å². The molecule has 162 valence electrons. The van der Waals surface area contributed by atoms with Gasteiger partial charge in [0.15, 0.2) is 0 Å². The fraction of sp³-hybridized carbons (Fsp3) is 0.435. The van der Waals surface area contributed by atoms with Crippen molar-refractivity contribution < 1.29 is 4.79 Å². The summed E-state index contributed by atoms with van der Waals surface area (Å²) in [4.78, 5) is 31.8. The van der Waals surface area contributed by atoms with Crippen LogP contribution in [0.15, 0.2) is 48.1 Å². The van der Waals surface area contributed by atoms with Crippen LogP contribution in [0.5, 0.6) is 0 Å². The van der Waals surface area contributed by atoms with E-state index in [2.05, 4.69) is 66.4 Å². The number of rotatable bonds is 5. The molecule has 2 fully saturated rings. The van der Waals surface area contributed by atoms with E-state index in [0.29, 0.717) is 6.54 Å². The normalized spacial score (nSPS) is 18.6. The highest BCUT2D eigenvalue weighted by Crippen LogP contribution is 2.27. The maximum atomic E-state index is 12.9. The zero-order chi connectivity index (χ0) is 21.0. The number of hydrogen-bond donors (Lipinski definition) is 0. The third-order valence-electron chi connectivity index (χ3n) is 6.25. The summed E-state index contributed by atoms with van der Waals surface area (Å²) in [5.74, 6) is 1.24. The first kappa shape index (κ1) is 20.4. The van der Waals surface area contributed by atoms with Gasteiger partial charge in [-0.15, -0.1) is 11.3 Å². The van der Waals surface area contributed by atoms with Gasteiger partial charge in [0.2, 0.25) is 5.91 Å². The Kier molecular flexibility index (Phi) is 6.11. The number of thiophene rings is 1. The van der Waals surface area contributed by atoms with E-state index in [0.717, 1.165) is 74.9 Å². The summed E-state index contributed by atoms with van der Waals surface area (Å²) < 4.78 is 0. The lowest BCUT2D eigenvalue weighted by molar-refractivity contribution is -0.133. The second kappa shape index (κ2) is 9.30. The Morgan fingerprint density at radius 1 is 0.871 bits per heavy atom. The highest BCUT2D eigenvalue weighted by Gasteiger charge is 2.26. The quantitative estimate of drug-likeness (QED) is 0.611. The zero-order valence-electron chi connectivity index (χ0n) is 17.7. The molecular formula is C23H28N6OS. The Bertz CT molecular complexity index is 1010. The van der Waals surface area contributed by atoms with Crippen molar-refractivity contribution in [3.8, 4) is 0 Å². The average Bonchev–Trinajstić information content (AvgIpc) is 3.30. The van der Waals surface area contributed by atoms with Crippen LogP contribution in [-0.2, 0) is 11.3 Å². The van der Waals surface area contributed by atoms with Crippen LogP contribution >= 0.6 is 11.3 Å². The predicted octanol–water partition coefficient (Wildman–Crippen LogP) is 2.16. The molecule has 5 rings (SSSR count). The predicted molar refractivity (Wildman–Crippen MR) is 124 cm³/mol. The molecule has 2 aliphatic rings. The van der Waals surface area contributed by atoms with Crippen molar-refractivity contribution in [1.29, 1.82) is 0 Å². The molecule has 2 aromatic heterocycles. The molecule has 8 heteroatoms. The Morgan fingerprint density at radius 2 is 1.61 bits per heavy atom. The molecule has 1 amide bonds. The van der Waals surface area contributed by atoms with E-state index >= 15 is 0 Å². The van der Waals surface area contributed by atoms with E-state index in [1.54, 1.807) is 17.7 Å². The Morgan fingerprint density at radius 3 is 2.39 bits per heavy atom. The molecule has 0 saturated carbocycles. The number of carbonyl (C=O) groups excluding carboxylic acids is 1. The van der Waals surface area contributed by atoms with Crippen LogP contribution in [0, 0.1) is 0 Å². The molecule has 2 saturated heterocycles. The third kappa shape index (κ3) is 4.71. The molecule has 0 radical (unpaired) electrons. The topological polar surface area (TPSA) is 55.8 Å². The fourth-order valence-corrected chi connectivity index (χ4v) is 5.16. The first-order valence-electron chi connectivity index (χ1n) is 11.0. The summed E-state index contributed by atoms with van der Waals surface area (Å²) in [5.41, 5.74) is 1.35. The van der Waals surface area contributed by atoms with Gasteiger partial charge in [-0.2, -0.15) is 0 Å². The lowest BCUT2D eigenvalue weighted by atomic mass is 10.2. The van der Waals surface area contributed by atoms with E-state index in [9.17, 15) is 4.79 Å². The Hall–Kier alpha value is -2.55. The van der Waals surface area contributed by atoms with Gasteiger partial charge < -0.3 is 9.80 Å². The van der Waals surface area contributed by atoms with Gasteiger partial charge in [-0.3, -0.25) is 14.6 Å². The molecule has 0 N–H and O–H groups in total. The number of benzene rings is 1. The standard InChI is InChI=1S/C23H28N6OS/c30-21(17-27-9-7-26(8-10-27)16-19-4-2-1-3-5-19)28-11-13-29(14-12-28)22-20-6-15-31-23(20)25-18-24-22/h1-6,15,18H,7-14,16-17H2. The van der Waals surface area contributed by atoms with E-state index < -0.39 is 0 Å². The van der Waals surface area contributed by atoms with Crippen LogP contribution < -0.4 is 4.90 Å². The lowest BCUT2D eigenvalue weighted by Crippen LogP contribution is -2.53. The molecule has 2 aliphatic heterocycles. The molecular weight excluding hydrogens is 408 g/mol. The minimum Gasteiger partial charge on any atom is -0.352 e. The molecule has 3 aromatic rings. The Labute approximate surface area is 186 Å². The van der Waals surface area contributed by atoms with E-state index in [1.165, 1.54) is 5.56 Å². The molecule has 1 aromatic carbocycles. The number of anilines is 1. The summed E-state index contributed by atoms with van der Waals surface area (Å²) in [6.07, 6.45) is 1.64. The molecule has 0 atom stereocenters. The number of fused-ring (bicyclic) bond motifs is 1. The van der Waals surface area contributed by atoms with Gasteiger partial charge in [-0.1, -0.05) is 30.3 Å². The molecule has 7 nitrogen and oxygen atoms in total. The van der Waals surface area contributed by atoms with Gasteiger partial charge in [-0.25, -0.2) is 9.97 Å². The maximum Gasteiger partial charge on any atom is 0.236 e. The van der Waals surface area contributed by atoms with Crippen molar-refractivity contribution in [2.45, 2.75) is 6.54 Å². The largest absolute Gasteiger partial charge is 0.352 e. The minimum absolute atomic E-state index is 0.250. The lowest BCUT2D eigenvalue weighted by Gasteiger charge is -2.38. The highest BCUT2D eigenvalue weighted by molar-refractivity contribution is 7.16. The van der Waals surface area contributed by atoms with Gasteiger partial charge in [0.25, 0.3) is 0 Å². The first-order chi connectivity index (χ1) is 15.3. The van der Waals surface area contributed by atoms with Crippen molar-refractivity contribution in [1.82, 2.24) is 24.7 Å².